The van der Waals surface area contributed by atoms with Crippen LogP contribution in [0.4, 0.5) is 0 Å². The van der Waals surface area contributed by atoms with Gasteiger partial charge in [-0.15, -0.1) is 0 Å². The number of rotatable bonds is 6. The van der Waals surface area contributed by atoms with Crippen molar-refractivity contribution in [2.75, 3.05) is 20.2 Å². The first kappa shape index (κ1) is 12.7. The molecule has 1 aliphatic carbocycles. The minimum atomic E-state index is 0.572. The van der Waals surface area contributed by atoms with Crippen molar-refractivity contribution < 1.29 is 4.74 Å². The smallest absolute Gasteiger partial charge is 0.123 e. The minimum absolute atomic E-state index is 0.572. The Kier molecular flexibility index (Phi) is 4.30. The van der Waals surface area contributed by atoms with Crippen molar-refractivity contribution in [1.82, 2.24) is 5.32 Å². The van der Waals surface area contributed by atoms with Gasteiger partial charge in [0.05, 0.1) is 7.11 Å². The highest BCUT2D eigenvalue weighted by molar-refractivity contribution is 6.31. The fraction of sp³-hybridized carbons (Fsp3) is 0.571. The maximum Gasteiger partial charge on any atom is 0.123 e. The summed E-state index contributed by atoms with van der Waals surface area (Å²) in [5.74, 6) is 2.22. The third kappa shape index (κ3) is 2.93. The Morgan fingerprint density at radius 1 is 1.47 bits per heavy atom. The van der Waals surface area contributed by atoms with E-state index in [4.69, 9.17) is 16.3 Å². The first-order valence-corrected chi connectivity index (χ1v) is 6.68. The average Bonchev–Trinajstić information content (AvgIpc) is 3.08. The number of methoxy groups -OCH3 is 1. The van der Waals surface area contributed by atoms with E-state index >= 15 is 0 Å². The highest BCUT2D eigenvalue weighted by atomic mass is 35.5. The molecule has 3 heteroatoms. The Morgan fingerprint density at radius 3 is 3.00 bits per heavy atom. The Balaban J connectivity index is 2.00. The van der Waals surface area contributed by atoms with E-state index in [1.807, 2.05) is 18.2 Å². The monoisotopic (exact) mass is 253 g/mol. The summed E-state index contributed by atoms with van der Waals surface area (Å²) in [5.41, 5.74) is 1.19. The molecule has 0 saturated heterocycles. The molecule has 94 valence electrons. The molecule has 1 saturated carbocycles. The Hall–Kier alpha value is -0.730. The SMILES string of the molecule is CCCNCC1CC1c1c(Cl)cccc1OC. The van der Waals surface area contributed by atoms with E-state index in [0.717, 1.165) is 29.8 Å². The largest absolute Gasteiger partial charge is 0.496 e. The summed E-state index contributed by atoms with van der Waals surface area (Å²) in [7, 11) is 1.71. The molecule has 17 heavy (non-hydrogen) atoms. The lowest BCUT2D eigenvalue weighted by molar-refractivity contribution is 0.409. The summed E-state index contributed by atoms with van der Waals surface area (Å²) in [6.45, 7) is 4.38. The van der Waals surface area contributed by atoms with Gasteiger partial charge >= 0.3 is 0 Å². The molecule has 1 fully saturated rings. The predicted molar refractivity (Wildman–Crippen MR) is 72.0 cm³/mol. The first-order chi connectivity index (χ1) is 8.27. The number of hydrogen-bond acceptors (Lipinski definition) is 2. The van der Waals surface area contributed by atoms with Gasteiger partial charge < -0.3 is 10.1 Å². The molecule has 2 nitrogen and oxygen atoms in total. The molecule has 1 aromatic carbocycles. The summed E-state index contributed by atoms with van der Waals surface area (Å²) in [5, 5.41) is 4.31. The normalized spacial score (nSPS) is 22.5. The van der Waals surface area contributed by atoms with Crippen LogP contribution in [0.3, 0.4) is 0 Å². The number of hydrogen-bond donors (Lipinski definition) is 1. The van der Waals surface area contributed by atoms with E-state index in [2.05, 4.69) is 12.2 Å². The fourth-order valence-electron chi connectivity index (χ4n) is 2.35. The first-order valence-electron chi connectivity index (χ1n) is 6.31. The number of nitrogens with one attached hydrogen (secondary N) is 1. The van der Waals surface area contributed by atoms with Gasteiger partial charge in [0.2, 0.25) is 0 Å². The molecule has 1 N–H and O–H groups in total. The van der Waals surface area contributed by atoms with Crippen LogP contribution in [0.2, 0.25) is 5.02 Å². The quantitative estimate of drug-likeness (QED) is 0.784. The van der Waals surface area contributed by atoms with Crippen LogP contribution in [-0.2, 0) is 0 Å². The van der Waals surface area contributed by atoms with Crippen LogP contribution in [0.25, 0.3) is 0 Å². The van der Waals surface area contributed by atoms with Gasteiger partial charge in [-0.25, -0.2) is 0 Å². The van der Waals surface area contributed by atoms with Gasteiger partial charge in [-0.2, -0.15) is 0 Å². The van der Waals surface area contributed by atoms with Crippen LogP contribution in [0.5, 0.6) is 5.75 Å². The van der Waals surface area contributed by atoms with Crippen LogP contribution < -0.4 is 10.1 Å². The second-order valence-corrected chi connectivity index (χ2v) is 5.07. The van der Waals surface area contributed by atoms with Crippen LogP contribution in [-0.4, -0.2) is 20.2 Å². The molecule has 0 spiro atoms. The summed E-state index contributed by atoms with van der Waals surface area (Å²) in [6, 6.07) is 5.89. The molecule has 2 rings (SSSR count). The zero-order chi connectivity index (χ0) is 12.3. The van der Waals surface area contributed by atoms with E-state index in [-0.39, 0.29) is 0 Å². The number of halogens is 1. The van der Waals surface area contributed by atoms with Crippen molar-refractivity contribution in [3.63, 3.8) is 0 Å². The summed E-state index contributed by atoms with van der Waals surface area (Å²) >= 11 is 6.27. The van der Waals surface area contributed by atoms with Gasteiger partial charge in [0.25, 0.3) is 0 Å². The number of ether oxygens (including phenoxy) is 1. The highest BCUT2D eigenvalue weighted by Crippen LogP contribution is 2.52. The fourth-order valence-corrected chi connectivity index (χ4v) is 2.65. The van der Waals surface area contributed by atoms with Gasteiger partial charge in [0, 0.05) is 10.6 Å². The molecule has 0 aliphatic heterocycles. The van der Waals surface area contributed by atoms with Gasteiger partial charge in [-0.1, -0.05) is 24.6 Å². The third-order valence-corrected chi connectivity index (χ3v) is 3.69. The van der Waals surface area contributed by atoms with Crippen LogP contribution in [0.1, 0.15) is 31.2 Å². The second-order valence-electron chi connectivity index (χ2n) is 4.66. The maximum absolute atomic E-state index is 6.27. The van der Waals surface area contributed by atoms with Crippen molar-refractivity contribution in [3.05, 3.63) is 28.8 Å². The van der Waals surface area contributed by atoms with Gasteiger partial charge in [0.15, 0.2) is 0 Å². The molecular formula is C14H20ClNO. The molecule has 2 unspecified atom stereocenters. The Morgan fingerprint density at radius 2 is 2.29 bits per heavy atom. The van der Waals surface area contributed by atoms with Crippen molar-refractivity contribution in [1.29, 1.82) is 0 Å². The molecular weight excluding hydrogens is 234 g/mol. The Bertz CT molecular complexity index is 380. The lowest BCUT2D eigenvalue weighted by Gasteiger charge is -2.10. The average molecular weight is 254 g/mol. The summed E-state index contributed by atoms with van der Waals surface area (Å²) < 4.78 is 5.40. The Labute approximate surface area is 108 Å². The summed E-state index contributed by atoms with van der Waals surface area (Å²) in [4.78, 5) is 0. The predicted octanol–water partition coefficient (Wildman–Crippen LogP) is 3.45. The minimum Gasteiger partial charge on any atom is -0.496 e. The molecule has 0 aromatic heterocycles. The third-order valence-electron chi connectivity index (χ3n) is 3.36. The van der Waals surface area contributed by atoms with Crippen molar-refractivity contribution in [2.24, 2.45) is 5.92 Å². The lowest BCUT2D eigenvalue weighted by atomic mass is 10.1. The van der Waals surface area contributed by atoms with Crippen molar-refractivity contribution in [2.45, 2.75) is 25.7 Å². The lowest BCUT2D eigenvalue weighted by Crippen LogP contribution is -2.17. The van der Waals surface area contributed by atoms with Gasteiger partial charge in [-0.3, -0.25) is 0 Å². The number of benzene rings is 1. The molecule has 2 atom stereocenters. The van der Waals surface area contributed by atoms with Crippen LogP contribution in [0, 0.1) is 5.92 Å². The topological polar surface area (TPSA) is 21.3 Å². The van der Waals surface area contributed by atoms with E-state index in [1.54, 1.807) is 7.11 Å². The molecule has 1 aliphatic rings. The zero-order valence-corrected chi connectivity index (χ0v) is 11.3. The van der Waals surface area contributed by atoms with E-state index < -0.39 is 0 Å². The standard InChI is InChI=1S/C14H20ClNO/c1-3-7-16-9-10-8-11(10)14-12(15)5-4-6-13(14)17-2/h4-6,10-11,16H,3,7-9H2,1-2H3. The molecule has 0 amide bonds. The van der Waals surface area contributed by atoms with E-state index in [9.17, 15) is 0 Å². The van der Waals surface area contributed by atoms with Crippen LogP contribution in [0.15, 0.2) is 18.2 Å². The van der Waals surface area contributed by atoms with Gasteiger partial charge in [-0.05, 0) is 49.9 Å². The van der Waals surface area contributed by atoms with Crippen LogP contribution >= 0.6 is 11.6 Å². The van der Waals surface area contributed by atoms with Crippen molar-refractivity contribution in [3.8, 4) is 5.75 Å². The van der Waals surface area contributed by atoms with E-state index in [0.29, 0.717) is 5.92 Å². The second kappa shape index (κ2) is 5.74. The molecule has 0 bridgehead atoms. The molecule has 1 aromatic rings. The summed E-state index contributed by atoms with van der Waals surface area (Å²) in [6.07, 6.45) is 2.41. The highest BCUT2D eigenvalue weighted by Gasteiger charge is 2.40. The van der Waals surface area contributed by atoms with Gasteiger partial charge in [0.1, 0.15) is 5.75 Å². The van der Waals surface area contributed by atoms with E-state index in [1.165, 1.54) is 18.4 Å². The van der Waals surface area contributed by atoms with Crippen molar-refractivity contribution >= 4 is 11.6 Å². The molecule has 0 radical (unpaired) electrons. The molecule has 0 heterocycles. The maximum atomic E-state index is 6.27. The zero-order valence-electron chi connectivity index (χ0n) is 10.5.